The molecule has 1 heterocycles. The number of hydrogen-bond acceptors (Lipinski definition) is 4. The zero-order valence-electron chi connectivity index (χ0n) is 15.6. The average molecular weight is 437 g/mol. The first-order chi connectivity index (χ1) is 11.9. The van der Waals surface area contributed by atoms with Crippen LogP contribution in [0.15, 0.2) is 29.2 Å². The Morgan fingerprint density at radius 2 is 1.70 bits per heavy atom. The molecule has 1 aliphatic carbocycles. The van der Waals surface area contributed by atoms with E-state index >= 15 is 0 Å². The van der Waals surface area contributed by atoms with Crippen LogP contribution in [0.4, 0.5) is 0 Å². The summed E-state index contributed by atoms with van der Waals surface area (Å²) in [6, 6.07) is 7.24. The van der Waals surface area contributed by atoms with E-state index in [0.717, 1.165) is 24.8 Å². The summed E-state index contributed by atoms with van der Waals surface area (Å²) in [5.41, 5.74) is 6.81. The fourth-order valence-electron chi connectivity index (χ4n) is 3.83. The van der Waals surface area contributed by atoms with E-state index in [1.165, 1.54) is 23.6 Å². The van der Waals surface area contributed by atoms with Crippen LogP contribution in [0.3, 0.4) is 0 Å². The average Bonchev–Trinajstić information content (AvgIpc) is 2.98. The van der Waals surface area contributed by atoms with Crippen LogP contribution in [0, 0.1) is 5.41 Å². The van der Waals surface area contributed by atoms with Gasteiger partial charge < -0.3 is 10.6 Å². The van der Waals surface area contributed by atoms with Crippen molar-refractivity contribution in [2.75, 3.05) is 13.1 Å². The van der Waals surface area contributed by atoms with E-state index in [1.807, 2.05) is 24.0 Å². The Kier molecular flexibility index (Phi) is 8.86. The highest BCUT2D eigenvalue weighted by Gasteiger charge is 2.38. The molecule has 1 atom stereocenters. The van der Waals surface area contributed by atoms with E-state index in [2.05, 4.69) is 0 Å². The predicted molar refractivity (Wildman–Crippen MR) is 113 cm³/mol. The van der Waals surface area contributed by atoms with Gasteiger partial charge in [-0.3, -0.25) is 5.41 Å². The van der Waals surface area contributed by atoms with E-state index in [-0.39, 0.29) is 41.7 Å². The number of rotatable bonds is 5. The number of benzene rings is 1. The van der Waals surface area contributed by atoms with Gasteiger partial charge in [-0.05, 0) is 43.9 Å². The second-order valence-corrected chi connectivity index (χ2v) is 9.07. The standard InChI is InChI=1S/C18H28N4O2S.2ClH/c1-14(19)13-15-7-9-17(10-8-15)25(23,24)22-12-11-21(18(22)20)16-5-3-2-4-6-16;;/h7-10,14,16,20H,2-6,11-13,19H2,1H3;2*1H. The molecule has 1 saturated heterocycles. The van der Waals surface area contributed by atoms with Crippen LogP contribution in [-0.4, -0.2) is 48.8 Å². The molecule has 1 aliphatic heterocycles. The quantitative estimate of drug-likeness (QED) is 0.741. The lowest BCUT2D eigenvalue weighted by molar-refractivity contribution is 0.260. The first-order valence-corrected chi connectivity index (χ1v) is 10.6. The van der Waals surface area contributed by atoms with Gasteiger partial charge in [0.2, 0.25) is 5.96 Å². The molecule has 2 fully saturated rings. The highest BCUT2D eigenvalue weighted by atomic mass is 35.5. The van der Waals surface area contributed by atoms with Crippen molar-refractivity contribution in [3.8, 4) is 0 Å². The Morgan fingerprint density at radius 1 is 1.11 bits per heavy atom. The summed E-state index contributed by atoms with van der Waals surface area (Å²) in [4.78, 5) is 2.22. The zero-order valence-corrected chi connectivity index (χ0v) is 18.1. The minimum atomic E-state index is -3.67. The smallest absolute Gasteiger partial charge is 0.266 e. The topological polar surface area (TPSA) is 90.5 Å². The number of nitrogens with zero attached hydrogens (tertiary/aromatic N) is 2. The van der Waals surface area contributed by atoms with Crippen LogP contribution in [0.25, 0.3) is 0 Å². The highest BCUT2D eigenvalue weighted by molar-refractivity contribution is 7.89. The van der Waals surface area contributed by atoms with Crippen molar-refractivity contribution in [1.82, 2.24) is 9.21 Å². The van der Waals surface area contributed by atoms with Crippen LogP contribution in [0.1, 0.15) is 44.6 Å². The van der Waals surface area contributed by atoms with Crippen LogP contribution >= 0.6 is 24.8 Å². The third-order valence-corrected chi connectivity index (χ3v) is 6.94. The largest absolute Gasteiger partial charge is 0.337 e. The molecular weight excluding hydrogens is 407 g/mol. The van der Waals surface area contributed by atoms with Gasteiger partial charge in [-0.1, -0.05) is 31.4 Å². The molecular formula is C18H30Cl2N4O2S. The highest BCUT2D eigenvalue weighted by Crippen LogP contribution is 2.28. The van der Waals surface area contributed by atoms with E-state index in [1.54, 1.807) is 12.1 Å². The molecule has 0 bridgehead atoms. The summed E-state index contributed by atoms with van der Waals surface area (Å²) in [6.45, 7) is 2.90. The van der Waals surface area contributed by atoms with Crippen molar-refractivity contribution in [2.45, 2.75) is 62.4 Å². The number of nitrogens with two attached hydrogens (primary N) is 1. The Hall–Kier alpha value is -1.02. The Bertz CT molecular complexity index is 719. The molecule has 1 aromatic carbocycles. The van der Waals surface area contributed by atoms with Crippen LogP contribution in [0.5, 0.6) is 0 Å². The molecule has 154 valence electrons. The van der Waals surface area contributed by atoms with Crippen molar-refractivity contribution in [2.24, 2.45) is 5.73 Å². The van der Waals surface area contributed by atoms with Gasteiger partial charge in [0.15, 0.2) is 0 Å². The molecule has 0 radical (unpaired) electrons. The van der Waals surface area contributed by atoms with E-state index in [9.17, 15) is 8.42 Å². The van der Waals surface area contributed by atoms with Crippen molar-refractivity contribution in [3.63, 3.8) is 0 Å². The monoisotopic (exact) mass is 436 g/mol. The van der Waals surface area contributed by atoms with Gasteiger partial charge in [-0.2, -0.15) is 0 Å². The fourth-order valence-corrected chi connectivity index (χ4v) is 5.22. The fraction of sp³-hybridized carbons (Fsp3) is 0.611. The maximum Gasteiger partial charge on any atom is 0.266 e. The molecule has 6 nitrogen and oxygen atoms in total. The van der Waals surface area contributed by atoms with Gasteiger partial charge in [-0.15, -0.1) is 24.8 Å². The third kappa shape index (κ3) is 5.28. The minimum Gasteiger partial charge on any atom is -0.337 e. The lowest BCUT2D eigenvalue weighted by Gasteiger charge is -2.32. The first-order valence-electron chi connectivity index (χ1n) is 9.12. The summed E-state index contributed by atoms with van der Waals surface area (Å²) < 4.78 is 27.1. The van der Waals surface area contributed by atoms with Gasteiger partial charge in [0.05, 0.1) is 11.4 Å². The van der Waals surface area contributed by atoms with E-state index in [4.69, 9.17) is 11.1 Å². The molecule has 2 aliphatic rings. The molecule has 1 saturated carbocycles. The molecule has 0 spiro atoms. The Morgan fingerprint density at radius 3 is 2.26 bits per heavy atom. The number of guanidine groups is 1. The van der Waals surface area contributed by atoms with Crippen molar-refractivity contribution in [3.05, 3.63) is 29.8 Å². The minimum absolute atomic E-state index is 0. The second-order valence-electron chi connectivity index (χ2n) is 7.21. The van der Waals surface area contributed by atoms with E-state index in [0.29, 0.717) is 19.1 Å². The molecule has 3 rings (SSSR count). The number of sulfonamides is 1. The van der Waals surface area contributed by atoms with Gasteiger partial charge >= 0.3 is 0 Å². The van der Waals surface area contributed by atoms with Crippen molar-refractivity contribution in [1.29, 1.82) is 5.41 Å². The number of halogens is 2. The molecule has 0 aromatic heterocycles. The Balaban J connectivity index is 0.00000182. The van der Waals surface area contributed by atoms with Gasteiger partial charge in [0, 0.05) is 18.6 Å². The second kappa shape index (κ2) is 9.96. The number of nitrogens with one attached hydrogen (secondary N) is 1. The summed E-state index contributed by atoms with van der Waals surface area (Å²) in [6.07, 6.45) is 6.41. The lowest BCUT2D eigenvalue weighted by atomic mass is 9.94. The molecule has 27 heavy (non-hydrogen) atoms. The van der Waals surface area contributed by atoms with E-state index < -0.39 is 10.0 Å². The normalized spacial score (nSPS) is 19.4. The van der Waals surface area contributed by atoms with Gasteiger partial charge in [0.1, 0.15) is 0 Å². The van der Waals surface area contributed by atoms with Gasteiger partial charge in [0.25, 0.3) is 10.0 Å². The Labute approximate surface area is 174 Å². The predicted octanol–water partition coefficient (Wildman–Crippen LogP) is 2.99. The zero-order chi connectivity index (χ0) is 18.0. The summed E-state index contributed by atoms with van der Waals surface area (Å²) in [5.74, 6) is 0.131. The summed E-state index contributed by atoms with van der Waals surface area (Å²) >= 11 is 0. The van der Waals surface area contributed by atoms with Crippen LogP contribution in [0.2, 0.25) is 0 Å². The first kappa shape index (κ1) is 24.0. The molecule has 9 heteroatoms. The van der Waals surface area contributed by atoms with Gasteiger partial charge in [-0.25, -0.2) is 12.7 Å². The molecule has 0 amide bonds. The van der Waals surface area contributed by atoms with Crippen molar-refractivity contribution < 1.29 is 8.42 Å². The van der Waals surface area contributed by atoms with Crippen LogP contribution in [-0.2, 0) is 16.4 Å². The maximum atomic E-state index is 12.9. The maximum absolute atomic E-state index is 12.9. The third-order valence-electron chi connectivity index (χ3n) is 5.14. The number of hydrogen-bond donors (Lipinski definition) is 2. The SMILES string of the molecule is CC(N)Cc1ccc(S(=O)(=O)N2CCN(C3CCCCC3)C2=N)cc1.Cl.Cl. The van der Waals surface area contributed by atoms with Crippen molar-refractivity contribution >= 4 is 40.8 Å². The molecule has 1 aromatic rings. The molecule has 3 N–H and O–H groups in total. The molecule has 1 unspecified atom stereocenters. The lowest BCUT2D eigenvalue weighted by Crippen LogP contribution is -2.42. The summed E-state index contributed by atoms with van der Waals surface area (Å²) in [7, 11) is -3.67. The van der Waals surface area contributed by atoms with Crippen LogP contribution < -0.4 is 5.73 Å². The summed E-state index contributed by atoms with van der Waals surface area (Å²) in [5, 5.41) is 8.40.